The average Bonchev–Trinajstić information content (AvgIpc) is 2.75. The number of rotatable bonds is 5. The van der Waals surface area contributed by atoms with Crippen LogP contribution in [-0.2, 0) is 0 Å². The quantitative estimate of drug-likeness (QED) is 0.799. The number of hydrogen-bond acceptors (Lipinski definition) is 5. The van der Waals surface area contributed by atoms with Crippen molar-refractivity contribution in [2.75, 3.05) is 40.4 Å². The zero-order valence-electron chi connectivity index (χ0n) is 16.5. The van der Waals surface area contributed by atoms with Gasteiger partial charge in [-0.25, -0.2) is 0 Å². The average molecular weight is 379 g/mol. The van der Waals surface area contributed by atoms with Gasteiger partial charge in [0.05, 0.1) is 20.3 Å². The van der Waals surface area contributed by atoms with Crippen LogP contribution in [0.25, 0.3) is 0 Å². The van der Waals surface area contributed by atoms with Crippen LogP contribution in [0.1, 0.15) is 27.5 Å². The fourth-order valence-corrected chi connectivity index (χ4v) is 3.41. The van der Waals surface area contributed by atoms with Crippen LogP contribution < -0.4 is 9.47 Å². The number of carbonyl (C=O) groups excluding carboxylic acids is 1. The van der Waals surface area contributed by atoms with Crippen molar-refractivity contribution < 1.29 is 14.3 Å². The molecule has 0 spiro atoms. The smallest absolute Gasteiger partial charge is 0.254 e. The molecule has 28 heavy (non-hydrogen) atoms. The van der Waals surface area contributed by atoms with Crippen LogP contribution in [0.3, 0.4) is 0 Å². The third-order valence-corrected chi connectivity index (χ3v) is 5.08. The Bertz CT molecular complexity index is 843. The number of nitriles is 1. The fourth-order valence-electron chi connectivity index (χ4n) is 3.41. The lowest BCUT2D eigenvalue weighted by atomic mass is 10.0. The molecule has 146 valence electrons. The highest BCUT2D eigenvalue weighted by Gasteiger charge is 2.28. The Balaban J connectivity index is 1.68. The molecule has 1 saturated heterocycles. The van der Waals surface area contributed by atoms with Gasteiger partial charge in [-0.05, 0) is 24.6 Å². The van der Waals surface area contributed by atoms with Crippen LogP contribution >= 0.6 is 0 Å². The normalized spacial score (nSPS) is 15.6. The topological polar surface area (TPSA) is 65.8 Å². The van der Waals surface area contributed by atoms with Crippen molar-refractivity contribution in [2.24, 2.45) is 0 Å². The Labute approximate surface area is 165 Å². The predicted octanol–water partition coefficient (Wildman–Crippen LogP) is 3.03. The van der Waals surface area contributed by atoms with Gasteiger partial charge in [-0.2, -0.15) is 5.26 Å². The molecule has 1 unspecified atom stereocenters. The summed E-state index contributed by atoms with van der Waals surface area (Å²) in [6, 6.07) is 15.4. The minimum atomic E-state index is -0.297. The highest BCUT2D eigenvalue weighted by atomic mass is 16.5. The van der Waals surface area contributed by atoms with Crippen LogP contribution in [0, 0.1) is 18.3 Å². The van der Waals surface area contributed by atoms with Gasteiger partial charge in [0.1, 0.15) is 17.5 Å². The van der Waals surface area contributed by atoms with Crippen molar-refractivity contribution >= 4 is 5.91 Å². The van der Waals surface area contributed by atoms with Gasteiger partial charge >= 0.3 is 0 Å². The van der Waals surface area contributed by atoms with E-state index in [9.17, 15) is 10.1 Å². The van der Waals surface area contributed by atoms with Gasteiger partial charge in [-0.1, -0.05) is 29.8 Å². The summed E-state index contributed by atoms with van der Waals surface area (Å²) in [5.74, 6) is 1.12. The number of aryl methyl sites for hydroxylation is 1. The number of amides is 1. The summed E-state index contributed by atoms with van der Waals surface area (Å²) in [5, 5.41) is 9.67. The second-order valence-electron chi connectivity index (χ2n) is 6.87. The van der Waals surface area contributed by atoms with Crippen LogP contribution in [0.5, 0.6) is 11.5 Å². The summed E-state index contributed by atoms with van der Waals surface area (Å²) in [6.07, 6.45) is 0. The van der Waals surface area contributed by atoms with E-state index < -0.39 is 0 Å². The van der Waals surface area contributed by atoms with E-state index in [1.807, 2.05) is 36.1 Å². The molecule has 1 atom stereocenters. The number of ether oxygens (including phenoxy) is 2. The number of nitrogens with zero attached hydrogens (tertiary/aromatic N) is 3. The third kappa shape index (κ3) is 4.26. The van der Waals surface area contributed by atoms with Gasteiger partial charge < -0.3 is 14.4 Å². The lowest BCUT2D eigenvalue weighted by molar-refractivity contribution is 0.0605. The number of methoxy groups -OCH3 is 2. The highest BCUT2D eigenvalue weighted by molar-refractivity contribution is 5.95. The Morgan fingerprint density at radius 1 is 1.00 bits per heavy atom. The molecule has 0 aliphatic carbocycles. The summed E-state index contributed by atoms with van der Waals surface area (Å²) >= 11 is 0. The van der Waals surface area contributed by atoms with E-state index in [0.29, 0.717) is 43.2 Å². The van der Waals surface area contributed by atoms with Crippen molar-refractivity contribution in [3.63, 3.8) is 0 Å². The first-order chi connectivity index (χ1) is 13.5. The number of carbonyl (C=O) groups is 1. The Morgan fingerprint density at radius 3 is 2.07 bits per heavy atom. The van der Waals surface area contributed by atoms with Crippen LogP contribution in [-0.4, -0.2) is 56.1 Å². The number of benzene rings is 2. The molecule has 1 amide bonds. The van der Waals surface area contributed by atoms with Crippen molar-refractivity contribution in [3.8, 4) is 17.6 Å². The predicted molar refractivity (Wildman–Crippen MR) is 107 cm³/mol. The fraction of sp³-hybridized carbons (Fsp3) is 0.364. The Hall–Kier alpha value is -3.04. The SMILES string of the molecule is COc1cc(OC)cc(C(=O)N2CCN(C(C#N)c3ccc(C)cc3)CC2)c1. The summed E-state index contributed by atoms with van der Waals surface area (Å²) in [5.41, 5.74) is 2.70. The lowest BCUT2D eigenvalue weighted by Crippen LogP contribution is -2.49. The molecule has 0 aromatic heterocycles. The van der Waals surface area contributed by atoms with E-state index in [1.54, 1.807) is 32.4 Å². The molecule has 0 radical (unpaired) electrons. The molecule has 0 saturated carbocycles. The molecule has 2 aromatic carbocycles. The first kappa shape index (κ1) is 19.7. The molecule has 6 nitrogen and oxygen atoms in total. The van der Waals surface area contributed by atoms with E-state index in [1.165, 1.54) is 5.56 Å². The molecule has 1 aliphatic heterocycles. The summed E-state index contributed by atoms with van der Waals surface area (Å²) < 4.78 is 10.5. The maximum Gasteiger partial charge on any atom is 0.254 e. The van der Waals surface area contributed by atoms with Crippen molar-refractivity contribution in [2.45, 2.75) is 13.0 Å². The van der Waals surface area contributed by atoms with Gasteiger partial charge in [0, 0.05) is 37.8 Å². The molecule has 1 aliphatic rings. The minimum Gasteiger partial charge on any atom is -0.497 e. The standard InChI is InChI=1S/C22H25N3O3/c1-16-4-6-17(7-5-16)21(15-23)24-8-10-25(11-9-24)22(26)18-12-19(27-2)14-20(13-18)28-3/h4-7,12-14,21H,8-11H2,1-3H3. The maximum absolute atomic E-state index is 12.9. The molecule has 6 heteroatoms. The van der Waals surface area contributed by atoms with E-state index in [-0.39, 0.29) is 11.9 Å². The third-order valence-electron chi connectivity index (χ3n) is 5.08. The van der Waals surface area contributed by atoms with E-state index >= 15 is 0 Å². The van der Waals surface area contributed by atoms with Crippen molar-refractivity contribution in [3.05, 3.63) is 59.2 Å². The molecular weight excluding hydrogens is 354 g/mol. The van der Waals surface area contributed by atoms with Gasteiger partial charge in [0.15, 0.2) is 0 Å². The maximum atomic E-state index is 12.9. The number of hydrogen-bond donors (Lipinski definition) is 0. The van der Waals surface area contributed by atoms with Crippen LogP contribution in [0.2, 0.25) is 0 Å². The molecular formula is C22H25N3O3. The zero-order valence-corrected chi connectivity index (χ0v) is 16.5. The summed E-state index contributed by atoms with van der Waals surface area (Å²) in [6.45, 7) is 4.48. The van der Waals surface area contributed by atoms with Crippen LogP contribution in [0.15, 0.2) is 42.5 Å². The molecule has 1 fully saturated rings. The molecule has 0 N–H and O–H groups in total. The van der Waals surface area contributed by atoms with Gasteiger partial charge in [0.25, 0.3) is 5.91 Å². The van der Waals surface area contributed by atoms with Crippen LogP contribution in [0.4, 0.5) is 0 Å². The largest absolute Gasteiger partial charge is 0.497 e. The number of piperazine rings is 1. The van der Waals surface area contributed by atoms with E-state index in [2.05, 4.69) is 11.0 Å². The summed E-state index contributed by atoms with van der Waals surface area (Å²) in [4.78, 5) is 16.9. The highest BCUT2D eigenvalue weighted by Crippen LogP contribution is 2.25. The Kier molecular flexibility index (Phi) is 6.17. The first-order valence-electron chi connectivity index (χ1n) is 9.28. The molecule has 0 bridgehead atoms. The van der Waals surface area contributed by atoms with Crippen molar-refractivity contribution in [1.29, 1.82) is 5.26 Å². The van der Waals surface area contributed by atoms with Gasteiger partial charge in [-0.3, -0.25) is 9.69 Å². The lowest BCUT2D eigenvalue weighted by Gasteiger charge is -2.37. The van der Waals surface area contributed by atoms with Gasteiger partial charge in [-0.15, -0.1) is 0 Å². The van der Waals surface area contributed by atoms with E-state index in [0.717, 1.165) is 5.56 Å². The second-order valence-corrected chi connectivity index (χ2v) is 6.87. The molecule has 2 aromatic rings. The minimum absolute atomic E-state index is 0.0549. The molecule has 1 heterocycles. The monoisotopic (exact) mass is 379 g/mol. The first-order valence-corrected chi connectivity index (χ1v) is 9.28. The van der Waals surface area contributed by atoms with E-state index in [4.69, 9.17) is 9.47 Å². The summed E-state index contributed by atoms with van der Waals surface area (Å²) in [7, 11) is 3.13. The molecule has 3 rings (SSSR count). The van der Waals surface area contributed by atoms with Gasteiger partial charge in [0.2, 0.25) is 0 Å². The van der Waals surface area contributed by atoms with Crippen molar-refractivity contribution in [1.82, 2.24) is 9.80 Å². The zero-order chi connectivity index (χ0) is 20.1. The Morgan fingerprint density at radius 2 is 1.57 bits per heavy atom. The second kappa shape index (κ2) is 8.77.